The SMILES string of the molecule is CCOC(=O)/C=C/[C@@H](Cc1ccccc1)ONc1ccccc1. The van der Waals surface area contributed by atoms with E-state index in [1.54, 1.807) is 13.0 Å². The molecular weight excluding hydrogens is 290 g/mol. The van der Waals surface area contributed by atoms with Gasteiger partial charge in [-0.2, -0.15) is 0 Å². The third kappa shape index (κ3) is 6.36. The summed E-state index contributed by atoms with van der Waals surface area (Å²) >= 11 is 0. The first kappa shape index (κ1) is 16.8. The lowest BCUT2D eigenvalue weighted by atomic mass is 10.1. The van der Waals surface area contributed by atoms with E-state index in [1.807, 2.05) is 60.7 Å². The van der Waals surface area contributed by atoms with Crippen molar-refractivity contribution in [1.82, 2.24) is 0 Å². The van der Waals surface area contributed by atoms with Crippen LogP contribution >= 0.6 is 0 Å². The fraction of sp³-hybridized carbons (Fsp3) is 0.211. The molecule has 0 saturated heterocycles. The molecule has 120 valence electrons. The first-order valence-electron chi connectivity index (χ1n) is 7.63. The number of para-hydroxylation sites is 1. The van der Waals surface area contributed by atoms with Crippen LogP contribution in [0.3, 0.4) is 0 Å². The molecule has 1 N–H and O–H groups in total. The van der Waals surface area contributed by atoms with Gasteiger partial charge in [-0.15, -0.1) is 0 Å². The summed E-state index contributed by atoms with van der Waals surface area (Å²) in [5, 5.41) is 0. The molecule has 0 aliphatic carbocycles. The van der Waals surface area contributed by atoms with E-state index in [-0.39, 0.29) is 12.1 Å². The lowest BCUT2D eigenvalue weighted by Gasteiger charge is -2.15. The maximum Gasteiger partial charge on any atom is 0.330 e. The van der Waals surface area contributed by atoms with Crippen molar-refractivity contribution in [2.45, 2.75) is 19.4 Å². The molecule has 0 aromatic heterocycles. The van der Waals surface area contributed by atoms with Crippen molar-refractivity contribution >= 4 is 11.7 Å². The molecule has 1 atom stereocenters. The van der Waals surface area contributed by atoms with E-state index in [1.165, 1.54) is 6.08 Å². The van der Waals surface area contributed by atoms with Crippen LogP contribution in [0, 0.1) is 0 Å². The highest BCUT2D eigenvalue weighted by atomic mass is 16.7. The molecule has 0 aliphatic heterocycles. The Bertz CT molecular complexity index is 611. The fourth-order valence-corrected chi connectivity index (χ4v) is 2.02. The predicted molar refractivity (Wildman–Crippen MR) is 90.9 cm³/mol. The minimum Gasteiger partial charge on any atom is -0.463 e. The predicted octanol–water partition coefficient (Wildman–Crippen LogP) is 3.76. The van der Waals surface area contributed by atoms with Gasteiger partial charge in [-0.25, -0.2) is 4.79 Å². The average Bonchev–Trinajstić information content (AvgIpc) is 2.59. The molecule has 0 unspecified atom stereocenters. The van der Waals surface area contributed by atoms with E-state index >= 15 is 0 Å². The van der Waals surface area contributed by atoms with Crippen molar-refractivity contribution in [2.75, 3.05) is 12.1 Å². The van der Waals surface area contributed by atoms with Crippen LogP contribution in [-0.4, -0.2) is 18.7 Å². The standard InChI is InChI=1S/C19H21NO3/c1-2-22-19(21)14-13-18(15-16-9-5-3-6-10-16)23-20-17-11-7-4-8-12-17/h3-14,18,20H,2,15H2,1H3/b14-13+/t18-/m0/s1. The monoisotopic (exact) mass is 311 g/mol. The number of anilines is 1. The second-order valence-corrected chi connectivity index (χ2v) is 4.93. The molecule has 0 radical (unpaired) electrons. The van der Waals surface area contributed by atoms with Crippen LogP contribution in [-0.2, 0) is 20.8 Å². The molecule has 0 amide bonds. The van der Waals surface area contributed by atoms with E-state index in [2.05, 4.69) is 5.48 Å². The van der Waals surface area contributed by atoms with Crippen molar-refractivity contribution in [3.63, 3.8) is 0 Å². The Kier molecular flexibility index (Phi) is 6.88. The maximum absolute atomic E-state index is 11.5. The van der Waals surface area contributed by atoms with Gasteiger partial charge in [0.25, 0.3) is 0 Å². The van der Waals surface area contributed by atoms with Crippen molar-refractivity contribution in [3.05, 3.63) is 78.4 Å². The second-order valence-electron chi connectivity index (χ2n) is 4.93. The Balaban J connectivity index is 1.99. The molecule has 4 heteroatoms. The highest BCUT2D eigenvalue weighted by Gasteiger charge is 2.08. The zero-order valence-electron chi connectivity index (χ0n) is 13.1. The number of carbonyl (C=O) groups is 1. The Morgan fingerprint density at radius 1 is 1.09 bits per heavy atom. The minimum atomic E-state index is -0.367. The van der Waals surface area contributed by atoms with Gasteiger partial charge in [0, 0.05) is 12.5 Å². The van der Waals surface area contributed by atoms with Crippen LogP contribution in [0.4, 0.5) is 5.69 Å². The second kappa shape index (κ2) is 9.43. The van der Waals surface area contributed by atoms with E-state index in [0.717, 1.165) is 11.3 Å². The molecule has 0 fully saturated rings. The smallest absolute Gasteiger partial charge is 0.330 e. The van der Waals surface area contributed by atoms with Crippen molar-refractivity contribution in [3.8, 4) is 0 Å². The Hall–Kier alpha value is -2.59. The summed E-state index contributed by atoms with van der Waals surface area (Å²) in [6.45, 7) is 2.14. The number of benzene rings is 2. The summed E-state index contributed by atoms with van der Waals surface area (Å²) in [5.41, 5.74) is 4.90. The van der Waals surface area contributed by atoms with E-state index in [9.17, 15) is 4.79 Å². The quantitative estimate of drug-likeness (QED) is 0.458. The molecule has 0 bridgehead atoms. The fourth-order valence-electron chi connectivity index (χ4n) is 2.02. The van der Waals surface area contributed by atoms with E-state index in [4.69, 9.17) is 9.57 Å². The lowest BCUT2D eigenvalue weighted by molar-refractivity contribution is -0.137. The van der Waals surface area contributed by atoms with Crippen molar-refractivity contribution in [1.29, 1.82) is 0 Å². The first-order chi connectivity index (χ1) is 11.3. The molecule has 2 aromatic rings. The molecule has 2 rings (SSSR count). The van der Waals surface area contributed by atoms with E-state index < -0.39 is 0 Å². The number of hydrogen-bond acceptors (Lipinski definition) is 4. The summed E-state index contributed by atoms with van der Waals surface area (Å²) < 4.78 is 4.90. The van der Waals surface area contributed by atoms with Crippen molar-refractivity contribution < 1.29 is 14.4 Å². The number of nitrogens with one attached hydrogen (secondary N) is 1. The number of rotatable bonds is 8. The Morgan fingerprint density at radius 2 is 1.74 bits per heavy atom. The van der Waals surface area contributed by atoms with Gasteiger partial charge in [-0.3, -0.25) is 10.3 Å². The summed E-state index contributed by atoms with van der Waals surface area (Å²) in [5.74, 6) is -0.367. The highest BCUT2D eigenvalue weighted by Crippen LogP contribution is 2.11. The summed E-state index contributed by atoms with van der Waals surface area (Å²) in [6.07, 6.45) is 3.48. The summed E-state index contributed by atoms with van der Waals surface area (Å²) in [6, 6.07) is 19.6. The largest absolute Gasteiger partial charge is 0.463 e. The van der Waals surface area contributed by atoms with Crippen LogP contribution in [0.5, 0.6) is 0 Å². The molecule has 23 heavy (non-hydrogen) atoms. The van der Waals surface area contributed by atoms with Gasteiger partial charge in [0.05, 0.1) is 12.3 Å². The topological polar surface area (TPSA) is 47.6 Å². The Morgan fingerprint density at radius 3 is 2.39 bits per heavy atom. The molecule has 4 nitrogen and oxygen atoms in total. The number of esters is 1. The molecule has 0 aliphatic rings. The number of hydrogen-bond donors (Lipinski definition) is 1. The van der Waals surface area contributed by atoms with Gasteiger partial charge in [0.1, 0.15) is 6.10 Å². The van der Waals surface area contributed by atoms with Gasteiger partial charge in [0.15, 0.2) is 0 Å². The third-order valence-corrected chi connectivity index (χ3v) is 3.12. The molecule has 0 heterocycles. The first-order valence-corrected chi connectivity index (χ1v) is 7.63. The molecule has 0 spiro atoms. The molecule has 0 saturated carbocycles. The van der Waals surface area contributed by atoms with Crippen LogP contribution in [0.25, 0.3) is 0 Å². The average molecular weight is 311 g/mol. The van der Waals surface area contributed by atoms with Crippen LogP contribution in [0.1, 0.15) is 12.5 Å². The zero-order chi connectivity index (χ0) is 16.3. The number of carbonyl (C=O) groups excluding carboxylic acids is 1. The lowest BCUT2D eigenvalue weighted by Crippen LogP contribution is -2.18. The third-order valence-electron chi connectivity index (χ3n) is 3.12. The van der Waals surface area contributed by atoms with Crippen molar-refractivity contribution in [2.24, 2.45) is 0 Å². The highest BCUT2D eigenvalue weighted by molar-refractivity contribution is 5.81. The molecular formula is C19H21NO3. The van der Waals surface area contributed by atoms with Gasteiger partial charge < -0.3 is 4.74 Å². The van der Waals surface area contributed by atoms with Crippen LogP contribution in [0.15, 0.2) is 72.8 Å². The Labute approximate surface area is 136 Å². The normalized spacial score (nSPS) is 12.0. The van der Waals surface area contributed by atoms with Gasteiger partial charge in [-0.1, -0.05) is 48.5 Å². The maximum atomic E-state index is 11.5. The van der Waals surface area contributed by atoms with Crippen LogP contribution in [0.2, 0.25) is 0 Å². The van der Waals surface area contributed by atoms with Gasteiger partial charge in [0.2, 0.25) is 0 Å². The zero-order valence-corrected chi connectivity index (χ0v) is 13.1. The van der Waals surface area contributed by atoms with Crippen LogP contribution < -0.4 is 5.48 Å². The number of ether oxygens (including phenoxy) is 1. The van der Waals surface area contributed by atoms with Gasteiger partial charge in [-0.05, 0) is 30.7 Å². The summed E-state index contributed by atoms with van der Waals surface area (Å²) in [4.78, 5) is 17.2. The molecule has 2 aromatic carbocycles. The summed E-state index contributed by atoms with van der Waals surface area (Å²) in [7, 11) is 0. The minimum absolute atomic E-state index is 0.290. The van der Waals surface area contributed by atoms with E-state index in [0.29, 0.717) is 13.0 Å². The van der Waals surface area contributed by atoms with Gasteiger partial charge >= 0.3 is 5.97 Å².